The zero-order valence-corrected chi connectivity index (χ0v) is 15.3. The summed E-state index contributed by atoms with van der Waals surface area (Å²) in [6.45, 7) is 2.39. The Bertz CT molecular complexity index is 805. The SMILES string of the molecule is CN1CCC(OCc2nc(-c3cc4c([nH]c3=O)CCCCC4)no2)CC1. The minimum Gasteiger partial charge on any atom is -0.368 e. The fourth-order valence-corrected chi connectivity index (χ4v) is 3.78. The molecule has 0 saturated carbocycles. The van der Waals surface area contributed by atoms with Crippen LogP contribution in [0.15, 0.2) is 15.4 Å². The number of likely N-dealkylation sites (tertiary alicyclic amines) is 1. The van der Waals surface area contributed by atoms with Crippen LogP contribution >= 0.6 is 0 Å². The first-order chi connectivity index (χ1) is 12.7. The van der Waals surface area contributed by atoms with Gasteiger partial charge in [-0.2, -0.15) is 4.98 Å². The fraction of sp³-hybridized carbons (Fsp3) is 0.632. The zero-order chi connectivity index (χ0) is 17.9. The lowest BCUT2D eigenvalue weighted by atomic mass is 10.1. The van der Waals surface area contributed by atoms with E-state index in [4.69, 9.17) is 9.26 Å². The standard InChI is InChI=1S/C19H26N4O3/c1-23-9-7-14(8-10-23)25-12-17-21-18(22-26-17)15-11-13-5-3-2-4-6-16(13)20-19(15)24/h11,14H,2-10,12H2,1H3,(H,20,24). The normalized spacial score (nSPS) is 19.3. The Balaban J connectivity index is 1.46. The third kappa shape index (κ3) is 3.88. The van der Waals surface area contributed by atoms with Crippen LogP contribution in [0.1, 0.15) is 49.3 Å². The molecule has 0 bridgehead atoms. The van der Waals surface area contributed by atoms with Crippen molar-refractivity contribution in [2.75, 3.05) is 20.1 Å². The molecule has 0 amide bonds. The van der Waals surface area contributed by atoms with Gasteiger partial charge >= 0.3 is 0 Å². The van der Waals surface area contributed by atoms with Crippen LogP contribution in [0.5, 0.6) is 0 Å². The first kappa shape index (κ1) is 17.4. The molecular weight excluding hydrogens is 332 g/mol. The van der Waals surface area contributed by atoms with E-state index in [-0.39, 0.29) is 11.7 Å². The maximum absolute atomic E-state index is 12.4. The first-order valence-corrected chi connectivity index (χ1v) is 9.57. The van der Waals surface area contributed by atoms with E-state index in [9.17, 15) is 4.79 Å². The van der Waals surface area contributed by atoms with Gasteiger partial charge in [-0.05, 0) is 57.2 Å². The molecule has 0 aromatic carbocycles. The molecule has 0 spiro atoms. The van der Waals surface area contributed by atoms with Gasteiger partial charge in [-0.3, -0.25) is 4.79 Å². The van der Waals surface area contributed by atoms with E-state index in [0.717, 1.165) is 57.3 Å². The van der Waals surface area contributed by atoms with Gasteiger partial charge in [0.05, 0.1) is 11.7 Å². The van der Waals surface area contributed by atoms with Crippen molar-refractivity contribution in [2.24, 2.45) is 0 Å². The minimum atomic E-state index is -0.144. The number of fused-ring (bicyclic) bond motifs is 1. The van der Waals surface area contributed by atoms with Gasteiger partial charge < -0.3 is 19.1 Å². The Kier molecular flexibility index (Phi) is 5.17. The third-order valence-electron chi connectivity index (χ3n) is 5.41. The van der Waals surface area contributed by atoms with Crippen molar-refractivity contribution >= 4 is 0 Å². The lowest BCUT2D eigenvalue weighted by Gasteiger charge is -2.28. The van der Waals surface area contributed by atoms with Gasteiger partial charge in [-0.1, -0.05) is 11.6 Å². The number of pyridine rings is 1. The number of aryl methyl sites for hydroxylation is 2. The number of nitrogens with one attached hydrogen (secondary N) is 1. The topological polar surface area (TPSA) is 84.2 Å². The summed E-state index contributed by atoms with van der Waals surface area (Å²) in [5.74, 6) is 0.772. The van der Waals surface area contributed by atoms with E-state index in [1.54, 1.807) is 0 Å². The van der Waals surface area contributed by atoms with Crippen molar-refractivity contribution in [1.29, 1.82) is 0 Å². The summed E-state index contributed by atoms with van der Waals surface area (Å²) in [6.07, 6.45) is 7.67. The Morgan fingerprint density at radius 1 is 1.27 bits per heavy atom. The Labute approximate surface area is 152 Å². The van der Waals surface area contributed by atoms with Gasteiger partial charge in [0.2, 0.25) is 5.82 Å². The van der Waals surface area contributed by atoms with Crippen LogP contribution in [0.25, 0.3) is 11.4 Å². The number of hydrogen-bond donors (Lipinski definition) is 1. The van der Waals surface area contributed by atoms with Gasteiger partial charge in [0.15, 0.2) is 0 Å². The van der Waals surface area contributed by atoms with Gasteiger partial charge in [0.25, 0.3) is 11.4 Å². The van der Waals surface area contributed by atoms with Gasteiger partial charge in [-0.15, -0.1) is 0 Å². The van der Waals surface area contributed by atoms with Crippen molar-refractivity contribution in [1.82, 2.24) is 20.0 Å². The number of rotatable bonds is 4. The zero-order valence-electron chi connectivity index (χ0n) is 15.3. The monoisotopic (exact) mass is 358 g/mol. The number of ether oxygens (including phenoxy) is 1. The highest BCUT2D eigenvalue weighted by atomic mass is 16.5. The van der Waals surface area contributed by atoms with Crippen molar-refractivity contribution in [2.45, 2.75) is 57.7 Å². The summed E-state index contributed by atoms with van der Waals surface area (Å²) in [5, 5.41) is 4.00. The maximum Gasteiger partial charge on any atom is 0.259 e. The number of H-pyrrole nitrogens is 1. The molecule has 26 heavy (non-hydrogen) atoms. The number of aromatic nitrogens is 3. The summed E-state index contributed by atoms with van der Waals surface area (Å²) < 4.78 is 11.2. The molecule has 7 heteroatoms. The maximum atomic E-state index is 12.4. The van der Waals surface area contributed by atoms with E-state index < -0.39 is 0 Å². The molecule has 4 rings (SSSR count). The molecule has 140 valence electrons. The summed E-state index contributed by atoms with van der Waals surface area (Å²) in [4.78, 5) is 22.1. The summed E-state index contributed by atoms with van der Waals surface area (Å²) in [6, 6.07) is 1.94. The number of piperidine rings is 1. The number of nitrogens with zero attached hydrogens (tertiary/aromatic N) is 3. The molecule has 0 atom stereocenters. The molecule has 7 nitrogen and oxygen atoms in total. The number of aromatic amines is 1. The predicted molar refractivity (Wildman–Crippen MR) is 96.9 cm³/mol. The Hall–Kier alpha value is -1.99. The molecule has 1 aliphatic carbocycles. The third-order valence-corrected chi connectivity index (χ3v) is 5.41. The smallest absolute Gasteiger partial charge is 0.259 e. The Morgan fingerprint density at radius 3 is 2.92 bits per heavy atom. The predicted octanol–water partition coefficient (Wildman–Crippen LogP) is 2.30. The highest BCUT2D eigenvalue weighted by Gasteiger charge is 2.20. The second-order valence-corrected chi connectivity index (χ2v) is 7.40. The van der Waals surface area contributed by atoms with E-state index in [2.05, 4.69) is 27.1 Å². The molecule has 0 radical (unpaired) electrons. The van der Waals surface area contributed by atoms with Crippen molar-refractivity contribution in [3.05, 3.63) is 33.6 Å². The molecule has 2 aromatic rings. The lowest BCUT2D eigenvalue weighted by Crippen LogP contribution is -2.34. The highest BCUT2D eigenvalue weighted by Crippen LogP contribution is 2.22. The largest absolute Gasteiger partial charge is 0.368 e. The van der Waals surface area contributed by atoms with Crippen LogP contribution in [-0.2, 0) is 24.2 Å². The van der Waals surface area contributed by atoms with Crippen LogP contribution < -0.4 is 5.56 Å². The summed E-state index contributed by atoms with van der Waals surface area (Å²) >= 11 is 0. The quantitative estimate of drug-likeness (QED) is 0.845. The molecule has 1 aliphatic heterocycles. The van der Waals surface area contributed by atoms with Crippen molar-refractivity contribution in [3.8, 4) is 11.4 Å². The highest BCUT2D eigenvalue weighted by molar-refractivity contribution is 5.54. The van der Waals surface area contributed by atoms with E-state index in [0.29, 0.717) is 23.9 Å². The van der Waals surface area contributed by atoms with Crippen LogP contribution in [0.4, 0.5) is 0 Å². The molecule has 3 heterocycles. The fourth-order valence-electron chi connectivity index (χ4n) is 3.78. The van der Waals surface area contributed by atoms with Crippen molar-refractivity contribution < 1.29 is 9.26 Å². The number of hydrogen-bond acceptors (Lipinski definition) is 6. The van der Waals surface area contributed by atoms with E-state index in [1.165, 1.54) is 12.0 Å². The molecule has 2 aromatic heterocycles. The molecular formula is C19H26N4O3. The van der Waals surface area contributed by atoms with Crippen LogP contribution in [0, 0.1) is 0 Å². The Morgan fingerprint density at radius 2 is 2.08 bits per heavy atom. The average molecular weight is 358 g/mol. The van der Waals surface area contributed by atoms with E-state index in [1.807, 2.05) is 6.07 Å². The van der Waals surface area contributed by atoms with Crippen LogP contribution in [0.2, 0.25) is 0 Å². The second kappa shape index (κ2) is 7.72. The van der Waals surface area contributed by atoms with Crippen LogP contribution in [0.3, 0.4) is 0 Å². The lowest BCUT2D eigenvalue weighted by molar-refractivity contribution is -0.00830. The van der Waals surface area contributed by atoms with Gasteiger partial charge in [0.1, 0.15) is 6.61 Å². The summed E-state index contributed by atoms with van der Waals surface area (Å²) in [5.41, 5.74) is 2.60. The van der Waals surface area contributed by atoms with E-state index >= 15 is 0 Å². The molecule has 2 aliphatic rings. The molecule has 0 unspecified atom stereocenters. The molecule has 1 N–H and O–H groups in total. The second-order valence-electron chi connectivity index (χ2n) is 7.40. The molecule has 1 saturated heterocycles. The minimum absolute atomic E-state index is 0.144. The van der Waals surface area contributed by atoms with Gasteiger partial charge in [-0.25, -0.2) is 0 Å². The van der Waals surface area contributed by atoms with Crippen LogP contribution in [-0.4, -0.2) is 46.3 Å². The summed E-state index contributed by atoms with van der Waals surface area (Å²) in [7, 11) is 2.12. The van der Waals surface area contributed by atoms with Gasteiger partial charge in [0, 0.05) is 18.8 Å². The first-order valence-electron chi connectivity index (χ1n) is 9.57. The van der Waals surface area contributed by atoms with Crippen molar-refractivity contribution in [3.63, 3.8) is 0 Å². The molecule has 1 fully saturated rings. The average Bonchev–Trinajstić information content (AvgIpc) is 2.99.